The molecule has 1 aromatic carbocycles. The van der Waals surface area contributed by atoms with E-state index in [2.05, 4.69) is 19.9 Å². The second kappa shape index (κ2) is 4.15. The lowest BCUT2D eigenvalue weighted by atomic mass is 10.1. The summed E-state index contributed by atoms with van der Waals surface area (Å²) >= 11 is 4.97. The second-order valence-corrected chi connectivity index (χ2v) is 4.11. The Morgan fingerprint density at radius 3 is 2.83 bits per heavy atom. The van der Waals surface area contributed by atoms with Crippen molar-refractivity contribution >= 4 is 29.1 Å². The van der Waals surface area contributed by atoms with Gasteiger partial charge in [0.1, 0.15) is 5.82 Å². The fraction of sp³-hybridized carbons (Fsp3) is 0. The molecule has 5 nitrogen and oxygen atoms in total. The highest BCUT2D eigenvalue weighted by Crippen LogP contribution is 2.24. The van der Waals surface area contributed by atoms with Gasteiger partial charge in [-0.1, -0.05) is 18.2 Å². The Hall–Kier alpha value is -2.34. The van der Waals surface area contributed by atoms with Crippen LogP contribution in [0.3, 0.4) is 0 Å². The summed E-state index contributed by atoms with van der Waals surface area (Å²) < 4.78 is 0.224. The van der Waals surface area contributed by atoms with Gasteiger partial charge < -0.3 is 10.7 Å². The van der Waals surface area contributed by atoms with Crippen LogP contribution in [0.4, 0.5) is 5.95 Å². The van der Waals surface area contributed by atoms with E-state index in [4.69, 9.17) is 18.0 Å². The Balaban J connectivity index is 2.34. The number of fused-ring (bicyclic) bond motifs is 1. The van der Waals surface area contributed by atoms with Gasteiger partial charge in [-0.3, -0.25) is 4.98 Å². The predicted molar refractivity (Wildman–Crippen MR) is 72.4 cm³/mol. The number of pyridine rings is 1. The normalized spacial score (nSPS) is 10.7. The largest absolute Gasteiger partial charge is 0.369 e. The Bertz CT molecular complexity index is 775. The van der Waals surface area contributed by atoms with Gasteiger partial charge in [-0.05, 0) is 24.4 Å². The van der Waals surface area contributed by atoms with E-state index < -0.39 is 0 Å². The molecule has 0 aliphatic heterocycles. The third-order valence-electron chi connectivity index (χ3n) is 2.57. The Kier molecular flexibility index (Phi) is 2.49. The van der Waals surface area contributed by atoms with Gasteiger partial charge in [-0.2, -0.15) is 4.98 Å². The monoisotopic (exact) mass is 255 g/mol. The number of nitrogens with zero attached hydrogens (tertiary/aromatic N) is 3. The number of benzene rings is 1. The molecule has 6 heteroatoms. The van der Waals surface area contributed by atoms with E-state index in [1.165, 1.54) is 0 Å². The quantitative estimate of drug-likeness (QED) is 0.652. The first-order chi connectivity index (χ1) is 8.74. The highest BCUT2D eigenvalue weighted by molar-refractivity contribution is 7.71. The Labute approximate surface area is 108 Å². The minimum absolute atomic E-state index is 0.224. The molecule has 0 bridgehead atoms. The number of nitrogens with one attached hydrogen (secondary N) is 1. The summed E-state index contributed by atoms with van der Waals surface area (Å²) in [6.45, 7) is 0. The van der Waals surface area contributed by atoms with Crippen molar-refractivity contribution in [2.24, 2.45) is 0 Å². The standard InChI is InChI=1S/C12H9N5S/c13-11-15-10(16-12(18)17-11)8-3-1-5-9-7(8)4-2-6-14-9/h1-6H,(H3,13,15,16,17,18). The van der Waals surface area contributed by atoms with Gasteiger partial charge in [-0.15, -0.1) is 0 Å². The lowest BCUT2D eigenvalue weighted by Gasteiger charge is -2.05. The molecule has 3 N–H and O–H groups in total. The van der Waals surface area contributed by atoms with Crippen molar-refractivity contribution in [3.8, 4) is 11.4 Å². The third kappa shape index (κ3) is 1.82. The molecular formula is C12H9N5S. The Morgan fingerprint density at radius 2 is 2.00 bits per heavy atom. The van der Waals surface area contributed by atoms with Gasteiger partial charge in [0.25, 0.3) is 0 Å². The zero-order valence-electron chi connectivity index (χ0n) is 9.29. The average molecular weight is 255 g/mol. The number of rotatable bonds is 1. The molecule has 0 radical (unpaired) electrons. The molecule has 0 saturated carbocycles. The summed E-state index contributed by atoms with van der Waals surface area (Å²) in [7, 11) is 0. The first kappa shape index (κ1) is 10.8. The van der Waals surface area contributed by atoms with Crippen LogP contribution in [0.25, 0.3) is 22.3 Å². The second-order valence-electron chi connectivity index (χ2n) is 3.74. The molecule has 3 aromatic rings. The molecule has 0 unspecified atom stereocenters. The van der Waals surface area contributed by atoms with Crippen LogP contribution < -0.4 is 5.73 Å². The molecule has 0 amide bonds. The number of nitrogen functional groups attached to an aromatic ring is 1. The van der Waals surface area contributed by atoms with Gasteiger partial charge in [0.15, 0.2) is 0 Å². The fourth-order valence-electron chi connectivity index (χ4n) is 1.84. The van der Waals surface area contributed by atoms with Crippen LogP contribution in [0.1, 0.15) is 0 Å². The Morgan fingerprint density at radius 1 is 1.11 bits per heavy atom. The van der Waals surface area contributed by atoms with E-state index in [0.29, 0.717) is 5.82 Å². The van der Waals surface area contributed by atoms with Gasteiger partial charge in [0, 0.05) is 17.1 Å². The molecule has 18 heavy (non-hydrogen) atoms. The summed E-state index contributed by atoms with van der Waals surface area (Å²) in [4.78, 5) is 15.3. The van der Waals surface area contributed by atoms with E-state index in [1.807, 2.05) is 30.3 Å². The van der Waals surface area contributed by atoms with Crippen LogP contribution in [0.15, 0.2) is 36.5 Å². The predicted octanol–water partition coefficient (Wildman–Crippen LogP) is 2.33. The third-order valence-corrected chi connectivity index (χ3v) is 2.75. The first-order valence-corrected chi connectivity index (χ1v) is 5.73. The van der Waals surface area contributed by atoms with Crippen LogP contribution >= 0.6 is 12.2 Å². The fourth-order valence-corrected chi connectivity index (χ4v) is 2.03. The van der Waals surface area contributed by atoms with Crippen molar-refractivity contribution in [3.63, 3.8) is 0 Å². The lowest BCUT2D eigenvalue weighted by molar-refractivity contribution is 1.05. The zero-order valence-corrected chi connectivity index (χ0v) is 10.1. The van der Waals surface area contributed by atoms with Crippen molar-refractivity contribution in [2.75, 3.05) is 5.73 Å². The number of aromatic amines is 1. The summed E-state index contributed by atoms with van der Waals surface area (Å²) in [5.41, 5.74) is 7.45. The molecule has 0 fully saturated rings. The van der Waals surface area contributed by atoms with E-state index in [-0.39, 0.29) is 10.7 Å². The minimum Gasteiger partial charge on any atom is -0.369 e. The van der Waals surface area contributed by atoms with Crippen LogP contribution in [-0.2, 0) is 0 Å². The summed E-state index contributed by atoms with van der Waals surface area (Å²) in [5.74, 6) is 0.858. The number of H-pyrrole nitrogens is 1. The molecule has 2 aromatic heterocycles. The van der Waals surface area contributed by atoms with Gasteiger partial charge in [0.2, 0.25) is 10.7 Å². The zero-order chi connectivity index (χ0) is 12.5. The summed E-state index contributed by atoms with van der Waals surface area (Å²) in [5, 5.41) is 0.990. The van der Waals surface area contributed by atoms with Crippen molar-refractivity contribution in [1.29, 1.82) is 0 Å². The van der Waals surface area contributed by atoms with E-state index in [0.717, 1.165) is 16.5 Å². The molecule has 3 rings (SSSR count). The van der Waals surface area contributed by atoms with E-state index in [1.54, 1.807) is 6.20 Å². The van der Waals surface area contributed by atoms with Crippen molar-refractivity contribution in [1.82, 2.24) is 19.9 Å². The number of nitrogens with two attached hydrogens (primary N) is 1. The molecule has 0 atom stereocenters. The maximum absolute atomic E-state index is 5.65. The molecule has 0 saturated heterocycles. The topological polar surface area (TPSA) is 80.5 Å². The van der Waals surface area contributed by atoms with Crippen molar-refractivity contribution in [2.45, 2.75) is 0 Å². The van der Waals surface area contributed by atoms with Crippen molar-refractivity contribution in [3.05, 3.63) is 41.3 Å². The summed E-state index contributed by atoms with van der Waals surface area (Å²) in [6.07, 6.45) is 1.75. The maximum Gasteiger partial charge on any atom is 0.224 e. The molecule has 2 heterocycles. The van der Waals surface area contributed by atoms with E-state index in [9.17, 15) is 0 Å². The highest BCUT2D eigenvalue weighted by Gasteiger charge is 2.06. The van der Waals surface area contributed by atoms with E-state index >= 15 is 0 Å². The highest BCUT2D eigenvalue weighted by atomic mass is 32.1. The SMILES string of the molecule is Nc1nc(=S)nc(-c2cccc3ncccc23)[nH]1. The minimum atomic E-state index is 0.224. The molecule has 0 aliphatic rings. The van der Waals surface area contributed by atoms with Gasteiger partial charge in [0.05, 0.1) is 5.52 Å². The van der Waals surface area contributed by atoms with Gasteiger partial charge >= 0.3 is 0 Å². The number of hydrogen-bond donors (Lipinski definition) is 2. The summed E-state index contributed by atoms with van der Waals surface area (Å²) in [6, 6.07) is 9.66. The molecule has 0 spiro atoms. The smallest absolute Gasteiger partial charge is 0.224 e. The van der Waals surface area contributed by atoms with Crippen LogP contribution in [0.5, 0.6) is 0 Å². The number of anilines is 1. The molecular weight excluding hydrogens is 246 g/mol. The van der Waals surface area contributed by atoms with Crippen LogP contribution in [0.2, 0.25) is 0 Å². The number of aromatic nitrogens is 4. The number of hydrogen-bond acceptors (Lipinski definition) is 5. The lowest BCUT2D eigenvalue weighted by Crippen LogP contribution is -2.00. The molecule has 88 valence electrons. The molecule has 0 aliphatic carbocycles. The average Bonchev–Trinajstić information content (AvgIpc) is 2.37. The maximum atomic E-state index is 5.65. The van der Waals surface area contributed by atoms with Crippen molar-refractivity contribution < 1.29 is 0 Å². The van der Waals surface area contributed by atoms with Gasteiger partial charge in [-0.25, -0.2) is 4.98 Å². The van der Waals surface area contributed by atoms with Crippen LogP contribution in [-0.4, -0.2) is 19.9 Å². The first-order valence-electron chi connectivity index (χ1n) is 5.32. The van der Waals surface area contributed by atoms with Crippen LogP contribution in [0, 0.1) is 4.77 Å².